The number of rotatable bonds is 10. The predicted molar refractivity (Wildman–Crippen MR) is 183 cm³/mol. The van der Waals surface area contributed by atoms with E-state index in [4.69, 9.17) is 21.2 Å². The van der Waals surface area contributed by atoms with Crippen molar-refractivity contribution in [3.05, 3.63) is 71.8 Å². The van der Waals surface area contributed by atoms with Crippen LogP contribution in [0.1, 0.15) is 37.3 Å². The molecule has 3 aliphatic heterocycles. The molecular formula is C34H42ClFN8O3. The maximum atomic E-state index is 14.3. The summed E-state index contributed by atoms with van der Waals surface area (Å²) < 4.78 is 20.1. The highest BCUT2D eigenvalue weighted by molar-refractivity contribution is 6.30. The highest BCUT2D eigenvalue weighted by Gasteiger charge is 2.33. The average Bonchev–Trinajstić information content (AvgIpc) is 3.78. The molecule has 3 aliphatic rings. The van der Waals surface area contributed by atoms with Crippen LogP contribution in [-0.4, -0.2) is 91.7 Å². The number of ether oxygens (including phenoxy) is 1. The van der Waals surface area contributed by atoms with Crippen LogP contribution >= 0.6 is 11.6 Å². The molecule has 2 aromatic carbocycles. The standard InChI is InChI=1S/C34H42ClFN8O3/c1-5-34(45)40-27-17-28(31(46-4)18-30(27)42-12-8-23(9-13-42)43-14-10-24(20-43)41(2)3)39-32-19-33(38-21-37-32)44-29(11-15-47-44)22-6-7-25(35)26(36)16-22/h5-7,16-19,21,23-24,29H,1,8-15,20H2,2-4H3,(H,40,45)(H,37,38,39). The van der Waals surface area contributed by atoms with E-state index in [1.54, 1.807) is 30.4 Å². The van der Waals surface area contributed by atoms with E-state index >= 15 is 0 Å². The molecule has 2 atom stereocenters. The van der Waals surface area contributed by atoms with Gasteiger partial charge < -0.3 is 25.2 Å². The van der Waals surface area contributed by atoms with Gasteiger partial charge in [0, 0.05) is 56.8 Å². The predicted octanol–water partition coefficient (Wildman–Crippen LogP) is 5.63. The zero-order valence-corrected chi connectivity index (χ0v) is 27.8. The molecule has 0 aliphatic carbocycles. The Balaban J connectivity index is 1.22. The molecule has 0 saturated carbocycles. The minimum Gasteiger partial charge on any atom is -0.494 e. The highest BCUT2D eigenvalue weighted by atomic mass is 35.5. The molecule has 3 fully saturated rings. The van der Waals surface area contributed by atoms with Crippen molar-refractivity contribution in [2.45, 2.75) is 43.8 Å². The number of hydrogen-bond acceptors (Lipinski definition) is 10. The van der Waals surface area contributed by atoms with E-state index < -0.39 is 5.82 Å². The van der Waals surface area contributed by atoms with Crippen LogP contribution < -0.4 is 25.3 Å². The van der Waals surface area contributed by atoms with Gasteiger partial charge in [-0.25, -0.2) is 19.4 Å². The Labute approximate surface area is 280 Å². The van der Waals surface area contributed by atoms with Crippen LogP contribution in [-0.2, 0) is 9.63 Å². The van der Waals surface area contributed by atoms with Crippen molar-refractivity contribution in [2.75, 3.05) is 74.6 Å². The van der Waals surface area contributed by atoms with E-state index in [2.05, 4.69) is 56.0 Å². The number of carbonyl (C=O) groups excluding carboxylic acids is 1. The van der Waals surface area contributed by atoms with Crippen molar-refractivity contribution in [2.24, 2.45) is 0 Å². The number of methoxy groups -OCH3 is 1. The monoisotopic (exact) mass is 664 g/mol. The number of aromatic nitrogens is 2. The number of anilines is 5. The van der Waals surface area contributed by atoms with E-state index in [0.717, 1.165) is 50.3 Å². The molecule has 1 amide bonds. The summed E-state index contributed by atoms with van der Waals surface area (Å²) in [6, 6.07) is 11.2. The fourth-order valence-electron chi connectivity index (χ4n) is 6.77. The lowest BCUT2D eigenvalue weighted by atomic mass is 10.0. The van der Waals surface area contributed by atoms with Gasteiger partial charge in [-0.15, -0.1) is 0 Å². The molecule has 250 valence electrons. The number of carbonyl (C=O) groups is 1. The summed E-state index contributed by atoms with van der Waals surface area (Å²) in [5, 5.41) is 8.07. The molecule has 2 N–H and O–H groups in total. The van der Waals surface area contributed by atoms with Gasteiger partial charge in [0.15, 0.2) is 5.82 Å². The zero-order valence-electron chi connectivity index (χ0n) is 27.1. The first kappa shape index (κ1) is 33.0. The number of benzene rings is 2. The van der Waals surface area contributed by atoms with Gasteiger partial charge in [-0.1, -0.05) is 24.2 Å². The Hall–Kier alpha value is -3.97. The van der Waals surface area contributed by atoms with Crippen molar-refractivity contribution in [1.82, 2.24) is 19.8 Å². The molecule has 47 heavy (non-hydrogen) atoms. The van der Waals surface area contributed by atoms with Gasteiger partial charge in [0.25, 0.3) is 0 Å². The molecule has 0 radical (unpaired) electrons. The van der Waals surface area contributed by atoms with Crippen molar-refractivity contribution in [1.29, 1.82) is 0 Å². The van der Waals surface area contributed by atoms with Crippen LogP contribution in [0.4, 0.5) is 33.1 Å². The number of nitrogens with zero attached hydrogens (tertiary/aromatic N) is 6. The Morgan fingerprint density at radius 2 is 1.91 bits per heavy atom. The van der Waals surface area contributed by atoms with Gasteiger partial charge >= 0.3 is 0 Å². The van der Waals surface area contributed by atoms with Gasteiger partial charge in [0.1, 0.15) is 23.7 Å². The lowest BCUT2D eigenvalue weighted by Gasteiger charge is -2.39. The van der Waals surface area contributed by atoms with Crippen molar-refractivity contribution >= 4 is 46.2 Å². The van der Waals surface area contributed by atoms with E-state index in [1.165, 1.54) is 24.9 Å². The molecule has 3 saturated heterocycles. The second-order valence-corrected chi connectivity index (χ2v) is 12.8. The fourth-order valence-corrected chi connectivity index (χ4v) is 6.88. The summed E-state index contributed by atoms with van der Waals surface area (Å²) in [5.74, 6) is 0.809. The number of likely N-dealkylation sites (N-methyl/N-ethyl adjacent to an activating group) is 1. The lowest BCUT2D eigenvalue weighted by molar-refractivity contribution is -0.111. The maximum Gasteiger partial charge on any atom is 0.247 e. The summed E-state index contributed by atoms with van der Waals surface area (Å²) in [4.78, 5) is 34.6. The molecule has 4 heterocycles. The third-order valence-electron chi connectivity index (χ3n) is 9.38. The van der Waals surface area contributed by atoms with Gasteiger partial charge in [0.05, 0.1) is 41.8 Å². The maximum absolute atomic E-state index is 14.3. The SMILES string of the molecule is C=CC(=O)Nc1cc(Nc2cc(N3OCCC3c3ccc(Cl)c(F)c3)ncn2)c(OC)cc1N1CCC(N2CCC(N(C)C)C2)CC1. The van der Waals surface area contributed by atoms with Crippen LogP contribution in [0.25, 0.3) is 0 Å². The molecule has 6 rings (SSSR count). The summed E-state index contributed by atoms with van der Waals surface area (Å²) in [5.41, 5.74) is 2.88. The van der Waals surface area contributed by atoms with Crippen LogP contribution in [0.3, 0.4) is 0 Å². The smallest absolute Gasteiger partial charge is 0.247 e. The van der Waals surface area contributed by atoms with Crippen LogP contribution in [0.2, 0.25) is 5.02 Å². The van der Waals surface area contributed by atoms with Crippen molar-refractivity contribution in [3.8, 4) is 5.75 Å². The van der Waals surface area contributed by atoms with Gasteiger partial charge in [-0.05, 0) is 63.2 Å². The van der Waals surface area contributed by atoms with E-state index in [9.17, 15) is 9.18 Å². The van der Waals surface area contributed by atoms with Crippen LogP contribution in [0, 0.1) is 5.82 Å². The number of likely N-dealkylation sites (tertiary alicyclic amines) is 1. The number of hydrogen-bond donors (Lipinski definition) is 2. The number of nitrogens with one attached hydrogen (secondary N) is 2. The number of halogens is 2. The molecule has 0 bridgehead atoms. The molecular weight excluding hydrogens is 623 g/mol. The van der Waals surface area contributed by atoms with Crippen molar-refractivity contribution < 1.29 is 18.8 Å². The van der Waals surface area contributed by atoms with Crippen molar-refractivity contribution in [3.63, 3.8) is 0 Å². The summed E-state index contributed by atoms with van der Waals surface area (Å²) in [7, 11) is 5.94. The Bertz CT molecular complexity index is 1600. The normalized spacial score (nSPS) is 20.6. The van der Waals surface area contributed by atoms with E-state index in [0.29, 0.717) is 53.9 Å². The molecule has 11 nitrogen and oxygen atoms in total. The Morgan fingerprint density at radius 1 is 1.11 bits per heavy atom. The number of piperidine rings is 1. The fraction of sp³-hybridized carbons (Fsp3) is 0.441. The topological polar surface area (TPSA) is 98.3 Å². The first-order chi connectivity index (χ1) is 22.7. The molecule has 2 unspecified atom stereocenters. The largest absolute Gasteiger partial charge is 0.494 e. The van der Waals surface area contributed by atoms with E-state index in [-0.39, 0.29) is 17.0 Å². The third-order valence-corrected chi connectivity index (χ3v) is 9.69. The quantitative estimate of drug-likeness (QED) is 0.265. The van der Waals surface area contributed by atoms with Gasteiger partial charge in [-0.3, -0.25) is 14.5 Å². The van der Waals surface area contributed by atoms with Gasteiger partial charge in [-0.2, -0.15) is 0 Å². The minimum atomic E-state index is -0.481. The summed E-state index contributed by atoms with van der Waals surface area (Å²) in [6.07, 6.45) is 6.65. The Morgan fingerprint density at radius 3 is 2.62 bits per heavy atom. The van der Waals surface area contributed by atoms with Gasteiger partial charge in [0.2, 0.25) is 5.91 Å². The summed E-state index contributed by atoms with van der Waals surface area (Å²) >= 11 is 5.91. The average molecular weight is 665 g/mol. The lowest BCUT2D eigenvalue weighted by Crippen LogP contribution is -2.45. The number of hydroxylamine groups is 1. The molecule has 3 aromatic rings. The second kappa shape index (κ2) is 14.4. The second-order valence-electron chi connectivity index (χ2n) is 12.4. The third kappa shape index (κ3) is 7.30. The molecule has 0 spiro atoms. The van der Waals surface area contributed by atoms with Crippen LogP contribution in [0.5, 0.6) is 5.75 Å². The summed E-state index contributed by atoms with van der Waals surface area (Å²) in [6.45, 7) is 8.08. The number of amides is 1. The zero-order chi connectivity index (χ0) is 33.1. The first-order valence-corrected chi connectivity index (χ1v) is 16.4. The van der Waals surface area contributed by atoms with E-state index in [1.807, 2.05) is 12.1 Å². The first-order valence-electron chi connectivity index (χ1n) is 16.0. The minimum absolute atomic E-state index is 0.0706. The van der Waals surface area contributed by atoms with Crippen LogP contribution in [0.15, 0.2) is 55.4 Å². The Kier molecular flexibility index (Phi) is 10.1. The highest BCUT2D eigenvalue weighted by Crippen LogP contribution is 2.41. The molecule has 13 heteroatoms. The molecule has 1 aromatic heterocycles.